The highest BCUT2D eigenvalue weighted by molar-refractivity contribution is 5.38. The Labute approximate surface area is 101 Å². The number of hydrogen-bond acceptors (Lipinski definition) is 3. The standard InChI is InChI=1S/C14H16N2O/c1-11-5-3-6-12(9-11)10-15-13-7-4-8-14(16-13)17-2/h3-9H,10H2,1-2H3,(H,15,16). The van der Waals surface area contributed by atoms with Crippen LogP contribution in [0.25, 0.3) is 0 Å². The minimum absolute atomic E-state index is 0.624. The lowest BCUT2D eigenvalue weighted by molar-refractivity contribution is 0.398. The van der Waals surface area contributed by atoms with Crippen molar-refractivity contribution in [1.82, 2.24) is 4.98 Å². The molecule has 0 bridgehead atoms. The average Bonchev–Trinajstić information content (AvgIpc) is 2.37. The van der Waals surface area contributed by atoms with Crippen LogP contribution in [0.1, 0.15) is 11.1 Å². The van der Waals surface area contributed by atoms with Gasteiger partial charge in [0.2, 0.25) is 5.88 Å². The molecule has 1 heterocycles. The van der Waals surface area contributed by atoms with Gasteiger partial charge in [-0.1, -0.05) is 35.9 Å². The second kappa shape index (κ2) is 5.34. The number of rotatable bonds is 4. The van der Waals surface area contributed by atoms with Gasteiger partial charge < -0.3 is 10.1 Å². The first-order valence-corrected chi connectivity index (χ1v) is 5.58. The van der Waals surface area contributed by atoms with Crippen molar-refractivity contribution in [3.63, 3.8) is 0 Å². The Kier molecular flexibility index (Phi) is 3.60. The molecule has 0 radical (unpaired) electrons. The highest BCUT2D eigenvalue weighted by Gasteiger charge is 1.97. The van der Waals surface area contributed by atoms with Gasteiger partial charge in [-0.3, -0.25) is 0 Å². The van der Waals surface area contributed by atoms with E-state index >= 15 is 0 Å². The quantitative estimate of drug-likeness (QED) is 0.873. The topological polar surface area (TPSA) is 34.1 Å². The summed E-state index contributed by atoms with van der Waals surface area (Å²) >= 11 is 0. The van der Waals surface area contributed by atoms with Crippen LogP contribution in [-0.2, 0) is 6.54 Å². The van der Waals surface area contributed by atoms with Crippen LogP contribution in [0.15, 0.2) is 42.5 Å². The Balaban J connectivity index is 2.02. The van der Waals surface area contributed by atoms with E-state index in [2.05, 4.69) is 41.5 Å². The zero-order chi connectivity index (χ0) is 12.1. The fraction of sp³-hybridized carbons (Fsp3) is 0.214. The van der Waals surface area contributed by atoms with Crippen molar-refractivity contribution in [3.8, 4) is 5.88 Å². The molecule has 3 nitrogen and oxygen atoms in total. The van der Waals surface area contributed by atoms with Gasteiger partial charge in [0.15, 0.2) is 0 Å². The summed E-state index contributed by atoms with van der Waals surface area (Å²) in [6, 6.07) is 14.1. The molecule has 0 unspecified atom stereocenters. The van der Waals surface area contributed by atoms with E-state index in [0.717, 1.165) is 12.4 Å². The van der Waals surface area contributed by atoms with Crippen LogP contribution >= 0.6 is 0 Å². The van der Waals surface area contributed by atoms with Crippen LogP contribution in [0.4, 0.5) is 5.82 Å². The number of aryl methyl sites for hydroxylation is 1. The molecule has 3 heteroatoms. The van der Waals surface area contributed by atoms with Crippen molar-refractivity contribution in [2.75, 3.05) is 12.4 Å². The van der Waals surface area contributed by atoms with E-state index in [1.54, 1.807) is 7.11 Å². The highest BCUT2D eigenvalue weighted by atomic mass is 16.5. The fourth-order valence-electron chi connectivity index (χ4n) is 1.64. The van der Waals surface area contributed by atoms with Gasteiger partial charge in [-0.25, -0.2) is 0 Å². The lowest BCUT2D eigenvalue weighted by Crippen LogP contribution is -2.02. The number of methoxy groups -OCH3 is 1. The summed E-state index contributed by atoms with van der Waals surface area (Å²) in [5.74, 6) is 1.45. The van der Waals surface area contributed by atoms with Gasteiger partial charge in [-0.15, -0.1) is 0 Å². The van der Waals surface area contributed by atoms with Gasteiger partial charge in [-0.2, -0.15) is 4.98 Å². The maximum Gasteiger partial charge on any atom is 0.214 e. The van der Waals surface area contributed by atoms with E-state index in [9.17, 15) is 0 Å². The number of nitrogens with zero attached hydrogens (tertiary/aromatic N) is 1. The van der Waals surface area contributed by atoms with Crippen molar-refractivity contribution in [2.24, 2.45) is 0 Å². The fourth-order valence-corrected chi connectivity index (χ4v) is 1.64. The number of hydrogen-bond donors (Lipinski definition) is 1. The smallest absolute Gasteiger partial charge is 0.214 e. The van der Waals surface area contributed by atoms with Gasteiger partial charge in [0.25, 0.3) is 0 Å². The van der Waals surface area contributed by atoms with Gasteiger partial charge in [-0.05, 0) is 18.6 Å². The van der Waals surface area contributed by atoms with Crippen LogP contribution in [0.3, 0.4) is 0 Å². The summed E-state index contributed by atoms with van der Waals surface area (Å²) in [6.07, 6.45) is 0. The first-order chi connectivity index (χ1) is 8.28. The number of anilines is 1. The van der Waals surface area contributed by atoms with E-state index < -0.39 is 0 Å². The van der Waals surface area contributed by atoms with Gasteiger partial charge >= 0.3 is 0 Å². The zero-order valence-electron chi connectivity index (χ0n) is 10.1. The molecular weight excluding hydrogens is 212 g/mol. The van der Waals surface area contributed by atoms with Crippen LogP contribution < -0.4 is 10.1 Å². The molecule has 0 aliphatic heterocycles. The first kappa shape index (κ1) is 11.5. The van der Waals surface area contributed by atoms with E-state index in [-0.39, 0.29) is 0 Å². The van der Waals surface area contributed by atoms with E-state index in [1.165, 1.54) is 11.1 Å². The van der Waals surface area contributed by atoms with Crippen LogP contribution in [0, 0.1) is 6.92 Å². The van der Waals surface area contributed by atoms with Crippen LogP contribution in [0.5, 0.6) is 5.88 Å². The summed E-state index contributed by atoms with van der Waals surface area (Å²) in [4.78, 5) is 4.30. The lowest BCUT2D eigenvalue weighted by atomic mass is 10.1. The zero-order valence-corrected chi connectivity index (χ0v) is 10.1. The van der Waals surface area contributed by atoms with E-state index in [1.807, 2.05) is 18.2 Å². The second-order valence-electron chi connectivity index (χ2n) is 3.91. The molecule has 0 amide bonds. The van der Waals surface area contributed by atoms with Crippen molar-refractivity contribution >= 4 is 5.82 Å². The Hall–Kier alpha value is -2.03. The molecular formula is C14H16N2O. The first-order valence-electron chi connectivity index (χ1n) is 5.58. The third kappa shape index (κ3) is 3.21. The molecule has 0 aliphatic carbocycles. The number of ether oxygens (including phenoxy) is 1. The molecule has 88 valence electrons. The largest absolute Gasteiger partial charge is 0.481 e. The van der Waals surface area contributed by atoms with Crippen LogP contribution in [0.2, 0.25) is 0 Å². The number of nitrogens with one attached hydrogen (secondary N) is 1. The SMILES string of the molecule is COc1cccc(NCc2cccc(C)c2)n1. The monoisotopic (exact) mass is 228 g/mol. The minimum Gasteiger partial charge on any atom is -0.481 e. The number of aromatic nitrogens is 1. The second-order valence-corrected chi connectivity index (χ2v) is 3.91. The molecule has 2 rings (SSSR count). The Morgan fingerprint density at radius 2 is 2.00 bits per heavy atom. The Morgan fingerprint density at radius 3 is 2.76 bits per heavy atom. The van der Waals surface area contributed by atoms with E-state index in [0.29, 0.717) is 5.88 Å². The molecule has 2 aromatic rings. The number of benzene rings is 1. The molecule has 0 aliphatic rings. The maximum atomic E-state index is 5.07. The average molecular weight is 228 g/mol. The Morgan fingerprint density at radius 1 is 1.18 bits per heavy atom. The summed E-state index contributed by atoms with van der Waals surface area (Å²) in [5, 5.41) is 3.27. The molecule has 0 saturated carbocycles. The summed E-state index contributed by atoms with van der Waals surface area (Å²) in [7, 11) is 1.62. The summed E-state index contributed by atoms with van der Waals surface area (Å²) in [6.45, 7) is 2.86. The Bertz CT molecular complexity index is 497. The van der Waals surface area contributed by atoms with Gasteiger partial charge in [0.1, 0.15) is 5.82 Å². The van der Waals surface area contributed by atoms with Crippen molar-refractivity contribution < 1.29 is 4.74 Å². The molecule has 1 aromatic carbocycles. The molecule has 0 fully saturated rings. The molecule has 0 spiro atoms. The van der Waals surface area contributed by atoms with Crippen molar-refractivity contribution in [2.45, 2.75) is 13.5 Å². The van der Waals surface area contributed by atoms with Crippen LogP contribution in [-0.4, -0.2) is 12.1 Å². The van der Waals surface area contributed by atoms with Crippen molar-refractivity contribution in [1.29, 1.82) is 0 Å². The molecule has 0 atom stereocenters. The van der Waals surface area contributed by atoms with E-state index in [4.69, 9.17) is 4.74 Å². The molecule has 0 saturated heterocycles. The third-order valence-electron chi connectivity index (χ3n) is 2.49. The summed E-state index contributed by atoms with van der Waals surface area (Å²) in [5.41, 5.74) is 2.51. The molecule has 1 N–H and O–H groups in total. The maximum absolute atomic E-state index is 5.07. The minimum atomic E-state index is 0.624. The van der Waals surface area contributed by atoms with Gasteiger partial charge in [0.05, 0.1) is 7.11 Å². The normalized spacial score (nSPS) is 10.0. The van der Waals surface area contributed by atoms with Gasteiger partial charge in [0, 0.05) is 12.6 Å². The lowest BCUT2D eigenvalue weighted by Gasteiger charge is -2.07. The highest BCUT2D eigenvalue weighted by Crippen LogP contribution is 2.12. The molecule has 17 heavy (non-hydrogen) atoms. The predicted molar refractivity (Wildman–Crippen MR) is 69.3 cm³/mol. The third-order valence-corrected chi connectivity index (χ3v) is 2.49. The predicted octanol–water partition coefficient (Wildman–Crippen LogP) is 3.01. The number of pyridine rings is 1. The van der Waals surface area contributed by atoms with Crippen molar-refractivity contribution in [3.05, 3.63) is 53.6 Å². The summed E-state index contributed by atoms with van der Waals surface area (Å²) < 4.78 is 5.07. The molecule has 1 aromatic heterocycles.